The number of amides is 1. The number of ether oxygens (including phenoxy) is 1. The first kappa shape index (κ1) is 14.5. The zero-order chi connectivity index (χ0) is 14.5. The van der Waals surface area contributed by atoms with Crippen LogP contribution in [0.1, 0.15) is 17.8 Å². The monoisotopic (exact) mass is 293 g/mol. The minimum absolute atomic E-state index is 0.0133. The van der Waals surface area contributed by atoms with Gasteiger partial charge in [0, 0.05) is 11.9 Å². The molecule has 106 valence electrons. The zero-order valence-corrected chi connectivity index (χ0v) is 12.2. The molecule has 0 spiro atoms. The Labute approximate surface area is 121 Å². The van der Waals surface area contributed by atoms with Crippen molar-refractivity contribution in [3.05, 3.63) is 52.5 Å². The first-order valence-electron chi connectivity index (χ1n) is 6.25. The Morgan fingerprint density at radius 3 is 2.65 bits per heavy atom. The van der Waals surface area contributed by atoms with E-state index in [1.807, 2.05) is 24.4 Å². The molecule has 1 unspecified atom stereocenters. The Kier molecular flexibility index (Phi) is 4.74. The van der Waals surface area contributed by atoms with Gasteiger partial charge in [-0.25, -0.2) is 4.39 Å². The first-order chi connectivity index (χ1) is 9.58. The SMILES string of the molecule is CC(c1cccs1)N(C)C(=O)COc1ccc(F)cc1. The number of carbonyl (C=O) groups is 1. The van der Waals surface area contributed by atoms with Crippen LogP contribution >= 0.6 is 11.3 Å². The number of halogens is 1. The van der Waals surface area contributed by atoms with E-state index in [2.05, 4.69) is 0 Å². The van der Waals surface area contributed by atoms with Crippen molar-refractivity contribution >= 4 is 17.2 Å². The Bertz CT molecular complexity index is 554. The number of hydrogen-bond donors (Lipinski definition) is 0. The second-order valence-electron chi connectivity index (χ2n) is 4.44. The fourth-order valence-corrected chi connectivity index (χ4v) is 2.54. The molecule has 1 amide bonds. The van der Waals surface area contributed by atoms with Crippen LogP contribution in [0.2, 0.25) is 0 Å². The Balaban J connectivity index is 1.89. The number of carbonyl (C=O) groups excluding carboxylic acids is 1. The van der Waals surface area contributed by atoms with Crippen LogP contribution in [0.3, 0.4) is 0 Å². The average Bonchev–Trinajstić information content (AvgIpc) is 2.99. The predicted octanol–water partition coefficient (Wildman–Crippen LogP) is 3.49. The zero-order valence-electron chi connectivity index (χ0n) is 11.4. The van der Waals surface area contributed by atoms with Gasteiger partial charge in [-0.05, 0) is 42.6 Å². The molecule has 0 aliphatic carbocycles. The summed E-state index contributed by atoms with van der Waals surface area (Å²) >= 11 is 1.62. The van der Waals surface area contributed by atoms with Crippen molar-refractivity contribution in [3.63, 3.8) is 0 Å². The van der Waals surface area contributed by atoms with E-state index in [0.717, 1.165) is 4.88 Å². The van der Waals surface area contributed by atoms with Crippen molar-refractivity contribution in [2.45, 2.75) is 13.0 Å². The first-order valence-corrected chi connectivity index (χ1v) is 7.13. The third kappa shape index (κ3) is 3.57. The molecule has 1 heterocycles. The Morgan fingerprint density at radius 1 is 1.35 bits per heavy atom. The largest absolute Gasteiger partial charge is 0.484 e. The van der Waals surface area contributed by atoms with Crippen LogP contribution in [-0.4, -0.2) is 24.5 Å². The van der Waals surface area contributed by atoms with Gasteiger partial charge in [0.15, 0.2) is 6.61 Å². The molecule has 0 fully saturated rings. The standard InChI is InChI=1S/C15H16FNO2S/c1-11(14-4-3-9-20-14)17(2)15(18)10-19-13-7-5-12(16)6-8-13/h3-9,11H,10H2,1-2H3. The maximum atomic E-state index is 12.7. The van der Waals surface area contributed by atoms with Crippen molar-refractivity contribution in [1.29, 1.82) is 0 Å². The lowest BCUT2D eigenvalue weighted by molar-refractivity contribution is -0.133. The minimum atomic E-state index is -0.327. The summed E-state index contributed by atoms with van der Waals surface area (Å²) in [5.41, 5.74) is 0. The average molecular weight is 293 g/mol. The highest BCUT2D eigenvalue weighted by atomic mass is 32.1. The maximum absolute atomic E-state index is 12.7. The molecule has 1 aromatic carbocycles. The topological polar surface area (TPSA) is 29.5 Å². The number of thiophene rings is 1. The third-order valence-electron chi connectivity index (χ3n) is 3.11. The van der Waals surface area contributed by atoms with Gasteiger partial charge in [0.05, 0.1) is 6.04 Å². The fourth-order valence-electron chi connectivity index (χ4n) is 1.71. The molecule has 1 atom stereocenters. The molecule has 0 saturated heterocycles. The van der Waals surface area contributed by atoms with Crippen molar-refractivity contribution in [2.24, 2.45) is 0 Å². The van der Waals surface area contributed by atoms with E-state index in [-0.39, 0.29) is 24.4 Å². The van der Waals surface area contributed by atoms with E-state index in [1.54, 1.807) is 23.3 Å². The molecule has 5 heteroatoms. The van der Waals surface area contributed by atoms with Gasteiger partial charge < -0.3 is 9.64 Å². The summed E-state index contributed by atoms with van der Waals surface area (Å²) in [7, 11) is 1.75. The Hall–Kier alpha value is -1.88. The van der Waals surface area contributed by atoms with Crippen molar-refractivity contribution in [3.8, 4) is 5.75 Å². The van der Waals surface area contributed by atoms with E-state index in [9.17, 15) is 9.18 Å². The molecule has 0 bridgehead atoms. The van der Waals surface area contributed by atoms with Crippen LogP contribution in [0.5, 0.6) is 5.75 Å². The van der Waals surface area contributed by atoms with Crippen LogP contribution in [0, 0.1) is 5.82 Å². The number of nitrogens with zero attached hydrogens (tertiary/aromatic N) is 1. The summed E-state index contributed by atoms with van der Waals surface area (Å²) < 4.78 is 18.1. The molecule has 0 aliphatic heterocycles. The molecule has 20 heavy (non-hydrogen) atoms. The molecule has 0 saturated carbocycles. The van der Waals surface area contributed by atoms with Gasteiger partial charge in [-0.15, -0.1) is 11.3 Å². The highest BCUT2D eigenvalue weighted by molar-refractivity contribution is 7.10. The van der Waals surface area contributed by atoms with Gasteiger partial charge in [0.2, 0.25) is 0 Å². The second-order valence-corrected chi connectivity index (χ2v) is 5.42. The smallest absolute Gasteiger partial charge is 0.260 e. The summed E-state index contributed by atoms with van der Waals surface area (Å²) in [6.45, 7) is 1.92. The van der Waals surface area contributed by atoms with Crippen LogP contribution in [0.15, 0.2) is 41.8 Å². The highest BCUT2D eigenvalue weighted by Gasteiger charge is 2.18. The number of hydrogen-bond acceptors (Lipinski definition) is 3. The third-order valence-corrected chi connectivity index (χ3v) is 4.15. The summed E-state index contributed by atoms with van der Waals surface area (Å²) in [5.74, 6) is 0.0410. The molecule has 2 aromatic rings. The summed E-state index contributed by atoms with van der Waals surface area (Å²) in [6, 6.07) is 9.59. The van der Waals surface area contributed by atoms with E-state index in [1.165, 1.54) is 24.3 Å². The molecule has 0 N–H and O–H groups in total. The molecule has 1 aromatic heterocycles. The van der Waals surface area contributed by atoms with Crippen molar-refractivity contribution in [2.75, 3.05) is 13.7 Å². The lowest BCUT2D eigenvalue weighted by Crippen LogP contribution is -2.33. The molecule has 3 nitrogen and oxygen atoms in total. The van der Waals surface area contributed by atoms with Gasteiger partial charge in [-0.2, -0.15) is 0 Å². The maximum Gasteiger partial charge on any atom is 0.260 e. The van der Waals surface area contributed by atoms with Gasteiger partial charge in [-0.3, -0.25) is 4.79 Å². The quantitative estimate of drug-likeness (QED) is 0.844. The van der Waals surface area contributed by atoms with Crippen LogP contribution < -0.4 is 4.74 Å². The lowest BCUT2D eigenvalue weighted by atomic mass is 10.2. The van der Waals surface area contributed by atoms with E-state index < -0.39 is 0 Å². The van der Waals surface area contributed by atoms with Crippen LogP contribution in [-0.2, 0) is 4.79 Å². The second kappa shape index (κ2) is 6.52. The van der Waals surface area contributed by atoms with E-state index in [0.29, 0.717) is 5.75 Å². The summed E-state index contributed by atoms with van der Waals surface area (Å²) in [5, 5.41) is 1.99. The summed E-state index contributed by atoms with van der Waals surface area (Å²) in [4.78, 5) is 14.8. The van der Waals surface area contributed by atoms with E-state index >= 15 is 0 Å². The summed E-state index contributed by atoms with van der Waals surface area (Å²) in [6.07, 6.45) is 0. The highest BCUT2D eigenvalue weighted by Crippen LogP contribution is 2.23. The van der Waals surface area contributed by atoms with Crippen LogP contribution in [0.25, 0.3) is 0 Å². The lowest BCUT2D eigenvalue weighted by Gasteiger charge is -2.24. The molecular weight excluding hydrogens is 277 g/mol. The van der Waals surface area contributed by atoms with Crippen molar-refractivity contribution in [1.82, 2.24) is 4.90 Å². The molecule has 2 rings (SSSR count). The Morgan fingerprint density at radius 2 is 2.05 bits per heavy atom. The number of benzene rings is 1. The van der Waals surface area contributed by atoms with Crippen LogP contribution in [0.4, 0.5) is 4.39 Å². The van der Waals surface area contributed by atoms with Gasteiger partial charge in [0.1, 0.15) is 11.6 Å². The molecule has 0 aliphatic rings. The fraction of sp³-hybridized carbons (Fsp3) is 0.267. The molecule has 0 radical (unpaired) electrons. The van der Waals surface area contributed by atoms with Crippen molar-refractivity contribution < 1.29 is 13.9 Å². The number of likely N-dealkylation sites (N-methyl/N-ethyl adjacent to an activating group) is 1. The normalized spacial score (nSPS) is 11.9. The minimum Gasteiger partial charge on any atom is -0.484 e. The predicted molar refractivity (Wildman–Crippen MR) is 77.4 cm³/mol. The van der Waals surface area contributed by atoms with E-state index in [4.69, 9.17) is 4.74 Å². The number of rotatable bonds is 5. The van der Waals surface area contributed by atoms with Gasteiger partial charge >= 0.3 is 0 Å². The van der Waals surface area contributed by atoms with Gasteiger partial charge in [0.25, 0.3) is 5.91 Å². The van der Waals surface area contributed by atoms with Gasteiger partial charge in [-0.1, -0.05) is 6.07 Å². The molecular formula is C15H16FNO2S.